The van der Waals surface area contributed by atoms with E-state index in [1.807, 2.05) is 0 Å². The second-order valence-electron chi connectivity index (χ2n) is 13.0. The predicted molar refractivity (Wildman–Crippen MR) is 214 cm³/mol. The van der Waals surface area contributed by atoms with E-state index in [0.717, 1.165) is 43.6 Å². The fourth-order valence-electron chi connectivity index (χ4n) is 7.85. The second-order valence-corrected chi connectivity index (χ2v) is 14.1. The number of hydrogen-bond donors (Lipinski definition) is 0. The van der Waals surface area contributed by atoms with Gasteiger partial charge in [0.2, 0.25) is 5.95 Å². The van der Waals surface area contributed by atoms with Crippen LogP contribution in [0.15, 0.2) is 170 Å². The highest BCUT2D eigenvalue weighted by molar-refractivity contribution is 7.26. The minimum absolute atomic E-state index is 0.680. The van der Waals surface area contributed by atoms with Crippen molar-refractivity contribution in [2.45, 2.75) is 0 Å². The van der Waals surface area contributed by atoms with E-state index >= 15 is 0 Å². The fraction of sp³-hybridized carbons (Fsp3) is 0. The number of thiophene rings is 1. The summed E-state index contributed by atoms with van der Waals surface area (Å²) in [4.78, 5) is 10.7. The van der Waals surface area contributed by atoms with Crippen LogP contribution in [-0.4, -0.2) is 19.1 Å². The summed E-state index contributed by atoms with van der Waals surface area (Å²) in [5, 5.41) is 6.00. The summed E-state index contributed by atoms with van der Waals surface area (Å²) in [7, 11) is 0. The summed E-state index contributed by atoms with van der Waals surface area (Å²) in [6.07, 6.45) is 0. The molecule has 7 aromatic carbocycles. The molecular formula is C46H28N4S. The molecule has 4 nitrogen and oxygen atoms in total. The van der Waals surface area contributed by atoms with E-state index in [9.17, 15) is 0 Å². The molecule has 11 aromatic rings. The lowest BCUT2D eigenvalue weighted by atomic mass is 10.0. The Morgan fingerprint density at radius 1 is 0.392 bits per heavy atom. The maximum absolute atomic E-state index is 5.34. The molecule has 4 aromatic heterocycles. The van der Waals surface area contributed by atoms with Crippen molar-refractivity contribution in [3.8, 4) is 34.0 Å². The number of hydrogen-bond acceptors (Lipinski definition) is 3. The topological polar surface area (TPSA) is 35.6 Å². The van der Waals surface area contributed by atoms with E-state index in [4.69, 9.17) is 9.97 Å². The summed E-state index contributed by atoms with van der Waals surface area (Å²) in [6.45, 7) is 0. The average molecular weight is 669 g/mol. The first kappa shape index (κ1) is 28.3. The van der Waals surface area contributed by atoms with Crippen molar-refractivity contribution < 1.29 is 0 Å². The zero-order chi connectivity index (χ0) is 33.5. The van der Waals surface area contributed by atoms with Crippen LogP contribution >= 0.6 is 11.3 Å². The first-order valence-electron chi connectivity index (χ1n) is 17.2. The van der Waals surface area contributed by atoms with E-state index in [2.05, 4.69) is 179 Å². The molecule has 0 bridgehead atoms. The van der Waals surface area contributed by atoms with Gasteiger partial charge in [-0.1, -0.05) is 115 Å². The summed E-state index contributed by atoms with van der Waals surface area (Å²) in [5.74, 6) is 0.680. The van der Waals surface area contributed by atoms with Crippen molar-refractivity contribution in [2.24, 2.45) is 0 Å². The summed E-state index contributed by atoms with van der Waals surface area (Å²) in [6, 6.07) is 60.7. The number of nitrogens with zero attached hydrogens (tertiary/aromatic N) is 4. The van der Waals surface area contributed by atoms with Gasteiger partial charge in [0.15, 0.2) is 0 Å². The monoisotopic (exact) mass is 668 g/mol. The van der Waals surface area contributed by atoms with Crippen molar-refractivity contribution in [2.75, 3.05) is 0 Å². The number of para-hydroxylation sites is 3. The third kappa shape index (κ3) is 4.25. The molecule has 0 spiro atoms. The van der Waals surface area contributed by atoms with Gasteiger partial charge in [0.25, 0.3) is 0 Å². The zero-order valence-corrected chi connectivity index (χ0v) is 28.2. The Hall–Kier alpha value is -6.56. The quantitative estimate of drug-likeness (QED) is 0.187. The molecule has 0 saturated carbocycles. The Bertz CT molecular complexity index is 3130. The van der Waals surface area contributed by atoms with Crippen molar-refractivity contribution in [1.29, 1.82) is 0 Å². The molecule has 0 saturated heterocycles. The van der Waals surface area contributed by atoms with Crippen molar-refractivity contribution in [1.82, 2.24) is 19.1 Å². The van der Waals surface area contributed by atoms with Gasteiger partial charge in [0.05, 0.1) is 38.0 Å². The van der Waals surface area contributed by atoms with Crippen LogP contribution < -0.4 is 0 Å². The van der Waals surface area contributed by atoms with E-state index in [1.165, 1.54) is 48.4 Å². The molecular weight excluding hydrogens is 641 g/mol. The van der Waals surface area contributed by atoms with Crippen molar-refractivity contribution in [3.05, 3.63) is 170 Å². The lowest BCUT2D eigenvalue weighted by molar-refractivity contribution is 1.02. The molecule has 0 aliphatic heterocycles. The Morgan fingerprint density at radius 3 is 1.61 bits per heavy atom. The highest BCUT2D eigenvalue weighted by atomic mass is 32.1. The highest BCUT2D eigenvalue weighted by Gasteiger charge is 2.20. The molecule has 238 valence electrons. The molecule has 0 aliphatic carbocycles. The molecule has 5 heteroatoms. The summed E-state index contributed by atoms with van der Waals surface area (Å²) < 4.78 is 6.93. The van der Waals surface area contributed by atoms with Crippen LogP contribution in [0.2, 0.25) is 0 Å². The van der Waals surface area contributed by atoms with Crippen LogP contribution in [0.25, 0.3) is 97.9 Å². The molecule has 0 amide bonds. The molecule has 0 fully saturated rings. The lowest BCUT2D eigenvalue weighted by Gasteiger charge is -2.10. The van der Waals surface area contributed by atoms with Gasteiger partial charge in [-0.25, -0.2) is 9.97 Å². The Balaban J connectivity index is 1.14. The summed E-state index contributed by atoms with van der Waals surface area (Å²) in [5.41, 5.74) is 11.1. The number of fused-ring (bicyclic) bond motifs is 9. The maximum atomic E-state index is 5.34. The molecule has 4 heterocycles. The van der Waals surface area contributed by atoms with Gasteiger partial charge in [-0.3, -0.25) is 4.57 Å². The van der Waals surface area contributed by atoms with Gasteiger partial charge in [0.1, 0.15) is 0 Å². The Morgan fingerprint density at radius 2 is 0.922 bits per heavy atom. The summed E-state index contributed by atoms with van der Waals surface area (Å²) >= 11 is 1.76. The molecule has 0 N–H and O–H groups in total. The van der Waals surface area contributed by atoms with Crippen LogP contribution in [0.4, 0.5) is 0 Å². The van der Waals surface area contributed by atoms with Crippen LogP contribution in [0.5, 0.6) is 0 Å². The normalized spacial score (nSPS) is 11.9. The van der Waals surface area contributed by atoms with Crippen LogP contribution in [0.1, 0.15) is 0 Å². The molecule has 0 atom stereocenters. The standard InChI is InChI=1S/C46H28N4S/c1-3-13-29(14-4-1)43-45-44(35-19-9-12-22-42(35)51-45)48-46(47-43)50-39-21-11-8-18-34(39)37-28-31(24-26-41(37)50)30-23-25-40-36(27-30)33-17-7-10-20-38(33)49(40)32-15-5-2-6-16-32/h1-28H. The van der Waals surface area contributed by atoms with Crippen molar-refractivity contribution >= 4 is 75.3 Å². The SMILES string of the molecule is c1ccc(-c2nc(-n3c4ccccc4c4cc(-c5ccc6c(c5)c5ccccc5n6-c5ccccc5)ccc43)nc3c2sc2ccccc23)cc1. The maximum Gasteiger partial charge on any atom is 0.235 e. The van der Waals surface area contributed by atoms with Gasteiger partial charge in [0, 0.05) is 42.9 Å². The van der Waals surface area contributed by atoms with Gasteiger partial charge >= 0.3 is 0 Å². The van der Waals surface area contributed by atoms with E-state index < -0.39 is 0 Å². The van der Waals surface area contributed by atoms with Crippen LogP contribution in [0, 0.1) is 0 Å². The number of aromatic nitrogens is 4. The highest BCUT2D eigenvalue weighted by Crippen LogP contribution is 2.41. The Labute approximate surface area is 297 Å². The fourth-order valence-corrected chi connectivity index (χ4v) is 9.00. The first-order valence-corrected chi connectivity index (χ1v) is 18.0. The zero-order valence-electron chi connectivity index (χ0n) is 27.4. The first-order chi connectivity index (χ1) is 25.3. The smallest absolute Gasteiger partial charge is 0.235 e. The second kappa shape index (κ2) is 11.0. The molecule has 0 unspecified atom stereocenters. The minimum Gasteiger partial charge on any atom is -0.309 e. The third-order valence-electron chi connectivity index (χ3n) is 10.1. The van der Waals surface area contributed by atoms with Gasteiger partial charge in [-0.05, 0) is 65.7 Å². The third-order valence-corrected chi connectivity index (χ3v) is 11.3. The van der Waals surface area contributed by atoms with E-state index in [0.29, 0.717) is 5.95 Å². The predicted octanol–water partition coefficient (Wildman–Crippen LogP) is 12.4. The average Bonchev–Trinajstić information content (AvgIpc) is 3.85. The van der Waals surface area contributed by atoms with Crippen LogP contribution in [0.3, 0.4) is 0 Å². The van der Waals surface area contributed by atoms with Gasteiger partial charge < -0.3 is 4.57 Å². The van der Waals surface area contributed by atoms with E-state index in [-0.39, 0.29) is 0 Å². The minimum atomic E-state index is 0.680. The Kier molecular flexibility index (Phi) is 6.09. The number of benzene rings is 7. The van der Waals surface area contributed by atoms with Gasteiger partial charge in [-0.2, -0.15) is 0 Å². The largest absolute Gasteiger partial charge is 0.309 e. The molecule has 0 aliphatic rings. The molecule has 0 radical (unpaired) electrons. The van der Waals surface area contributed by atoms with Crippen molar-refractivity contribution in [3.63, 3.8) is 0 Å². The molecule has 11 rings (SSSR count). The van der Waals surface area contributed by atoms with E-state index in [1.54, 1.807) is 11.3 Å². The number of rotatable bonds is 4. The lowest BCUT2D eigenvalue weighted by Crippen LogP contribution is -2.02. The molecule has 51 heavy (non-hydrogen) atoms. The van der Waals surface area contributed by atoms with Gasteiger partial charge in [-0.15, -0.1) is 11.3 Å². The van der Waals surface area contributed by atoms with Crippen LogP contribution in [-0.2, 0) is 0 Å².